The fourth-order valence-corrected chi connectivity index (χ4v) is 3.55. The molecule has 1 fully saturated rings. The number of aliphatic hydroxyl groups is 3. The number of allylic oxidation sites excluding steroid dienone is 2. The van der Waals surface area contributed by atoms with E-state index in [9.17, 15) is 20.1 Å². The molecule has 0 amide bonds. The quantitative estimate of drug-likeness (QED) is 0.298. The number of methoxy groups -OCH3 is 1. The third kappa shape index (κ3) is 8.01. The van der Waals surface area contributed by atoms with Crippen LogP contribution >= 0.6 is 0 Å². The molecule has 1 aliphatic rings. The van der Waals surface area contributed by atoms with Gasteiger partial charge in [-0.15, -0.1) is 0 Å². The number of rotatable bonds is 11. The van der Waals surface area contributed by atoms with Gasteiger partial charge in [0.15, 0.2) is 0 Å². The number of carbonyl (C=O) groups excluding carboxylic acids is 1. The standard InChI is InChI=1S/C23H32O6/c1-28-23(27)12-8-3-2-7-11-19-20(22(26)15-21(19)25)14-13-17(24)16-29-18-9-5-4-6-10-18/h2,4-7,9-10,13-14,17,19-22,24-26H,3,8,11-12,15-16H2,1H3/t17-,19-,20-,21+,22-/m1/s1. The summed E-state index contributed by atoms with van der Waals surface area (Å²) in [7, 11) is 1.38. The first-order valence-corrected chi connectivity index (χ1v) is 10.1. The monoisotopic (exact) mass is 404 g/mol. The van der Waals surface area contributed by atoms with Gasteiger partial charge in [0.2, 0.25) is 0 Å². The maximum Gasteiger partial charge on any atom is 0.305 e. The Bertz CT molecular complexity index is 657. The largest absolute Gasteiger partial charge is 0.491 e. The van der Waals surface area contributed by atoms with Crippen LogP contribution in [-0.4, -0.2) is 53.3 Å². The molecule has 3 N–H and O–H groups in total. The van der Waals surface area contributed by atoms with Crippen LogP contribution < -0.4 is 4.74 Å². The summed E-state index contributed by atoms with van der Waals surface area (Å²) in [5, 5.41) is 30.7. The minimum atomic E-state index is -0.797. The molecule has 0 heterocycles. The number of para-hydroxylation sites is 1. The Morgan fingerprint density at radius 3 is 2.69 bits per heavy atom. The van der Waals surface area contributed by atoms with Crippen LogP contribution in [0.15, 0.2) is 54.6 Å². The first kappa shape index (κ1) is 23.1. The van der Waals surface area contributed by atoms with E-state index in [2.05, 4.69) is 4.74 Å². The van der Waals surface area contributed by atoms with E-state index in [1.54, 1.807) is 12.2 Å². The highest BCUT2D eigenvalue weighted by atomic mass is 16.5. The molecule has 6 nitrogen and oxygen atoms in total. The maximum absolute atomic E-state index is 11.1. The molecule has 0 aromatic heterocycles. The summed E-state index contributed by atoms with van der Waals surface area (Å²) in [5.41, 5.74) is 0. The van der Waals surface area contributed by atoms with Crippen LogP contribution in [-0.2, 0) is 9.53 Å². The van der Waals surface area contributed by atoms with Crippen LogP contribution in [0.4, 0.5) is 0 Å². The SMILES string of the molecule is COC(=O)CCCC=CC[C@@H]1[C@@H](C=C[C@@H](O)COc2ccccc2)[C@H](O)C[C@@H]1O. The molecule has 1 aliphatic carbocycles. The normalized spacial score (nSPS) is 25.5. The number of benzene rings is 1. The number of esters is 1. The predicted molar refractivity (Wildman–Crippen MR) is 110 cm³/mol. The first-order valence-electron chi connectivity index (χ1n) is 10.1. The van der Waals surface area contributed by atoms with Gasteiger partial charge in [-0.25, -0.2) is 0 Å². The van der Waals surface area contributed by atoms with Crippen LogP contribution in [0.1, 0.15) is 32.1 Å². The lowest BCUT2D eigenvalue weighted by Gasteiger charge is -2.19. The van der Waals surface area contributed by atoms with E-state index in [1.165, 1.54) is 7.11 Å². The van der Waals surface area contributed by atoms with Crippen molar-refractivity contribution in [2.45, 2.75) is 50.4 Å². The molecule has 1 aromatic carbocycles. The smallest absolute Gasteiger partial charge is 0.305 e. The van der Waals surface area contributed by atoms with Gasteiger partial charge in [0, 0.05) is 18.8 Å². The summed E-state index contributed by atoms with van der Waals surface area (Å²) in [5.74, 6) is 0.135. The Labute approximate surface area is 172 Å². The van der Waals surface area contributed by atoms with Crippen molar-refractivity contribution in [2.24, 2.45) is 11.8 Å². The molecule has 6 heteroatoms. The number of unbranched alkanes of at least 4 members (excludes halogenated alkanes) is 1. The Kier molecular flexibility index (Phi) is 9.91. The molecule has 0 unspecified atom stereocenters. The Hall–Kier alpha value is -2.15. The van der Waals surface area contributed by atoms with Crippen LogP contribution in [0.5, 0.6) is 5.75 Å². The van der Waals surface area contributed by atoms with Gasteiger partial charge in [0.1, 0.15) is 18.5 Å². The molecule has 0 bridgehead atoms. The molecular weight excluding hydrogens is 372 g/mol. The van der Waals surface area contributed by atoms with E-state index in [1.807, 2.05) is 42.5 Å². The van der Waals surface area contributed by atoms with Gasteiger partial charge in [-0.2, -0.15) is 0 Å². The fraction of sp³-hybridized carbons (Fsp3) is 0.522. The van der Waals surface area contributed by atoms with Crippen LogP contribution in [0, 0.1) is 11.8 Å². The van der Waals surface area contributed by atoms with Crippen molar-refractivity contribution in [1.82, 2.24) is 0 Å². The summed E-state index contributed by atoms with van der Waals surface area (Å²) < 4.78 is 10.1. The molecular formula is C23H32O6. The van der Waals surface area contributed by atoms with E-state index in [-0.39, 0.29) is 24.4 Å². The Balaban J connectivity index is 1.80. The van der Waals surface area contributed by atoms with E-state index in [0.29, 0.717) is 25.0 Å². The van der Waals surface area contributed by atoms with Crippen LogP contribution in [0.25, 0.3) is 0 Å². The topological polar surface area (TPSA) is 96.2 Å². The van der Waals surface area contributed by atoms with Gasteiger partial charge in [0.25, 0.3) is 0 Å². The van der Waals surface area contributed by atoms with Crippen molar-refractivity contribution in [3.8, 4) is 5.75 Å². The number of aliphatic hydroxyl groups excluding tert-OH is 3. The van der Waals surface area contributed by atoms with Crippen molar-refractivity contribution in [3.63, 3.8) is 0 Å². The number of hydrogen-bond acceptors (Lipinski definition) is 6. The first-order chi connectivity index (χ1) is 14.0. The number of carbonyl (C=O) groups is 1. The Morgan fingerprint density at radius 1 is 1.21 bits per heavy atom. The summed E-state index contributed by atoms with van der Waals surface area (Å²) in [6, 6.07) is 9.26. The average molecular weight is 405 g/mol. The summed E-state index contributed by atoms with van der Waals surface area (Å²) in [6.45, 7) is 0.122. The fourth-order valence-electron chi connectivity index (χ4n) is 3.55. The lowest BCUT2D eigenvalue weighted by atomic mass is 9.89. The van der Waals surface area contributed by atoms with Crippen molar-refractivity contribution in [3.05, 3.63) is 54.6 Å². The molecule has 2 rings (SSSR count). The van der Waals surface area contributed by atoms with Crippen LogP contribution in [0.3, 0.4) is 0 Å². The van der Waals surface area contributed by atoms with Gasteiger partial charge in [0.05, 0.1) is 19.3 Å². The van der Waals surface area contributed by atoms with E-state index in [4.69, 9.17) is 4.74 Å². The number of hydrogen-bond donors (Lipinski definition) is 3. The minimum absolute atomic E-state index is 0.111. The van der Waals surface area contributed by atoms with Crippen molar-refractivity contribution < 1.29 is 29.6 Å². The lowest BCUT2D eigenvalue weighted by molar-refractivity contribution is -0.140. The van der Waals surface area contributed by atoms with E-state index in [0.717, 1.165) is 12.8 Å². The van der Waals surface area contributed by atoms with Crippen LogP contribution in [0.2, 0.25) is 0 Å². The van der Waals surface area contributed by atoms with E-state index < -0.39 is 18.3 Å². The third-order valence-electron chi connectivity index (χ3n) is 5.19. The van der Waals surface area contributed by atoms with Gasteiger partial charge in [-0.1, -0.05) is 42.5 Å². The molecule has 0 spiro atoms. The van der Waals surface area contributed by atoms with Gasteiger partial charge in [-0.3, -0.25) is 4.79 Å². The Morgan fingerprint density at radius 2 is 1.97 bits per heavy atom. The third-order valence-corrected chi connectivity index (χ3v) is 5.19. The molecule has 1 saturated carbocycles. The zero-order valence-electron chi connectivity index (χ0n) is 16.9. The molecule has 1 aromatic rings. The maximum atomic E-state index is 11.1. The second-order valence-electron chi connectivity index (χ2n) is 7.36. The van der Waals surface area contributed by atoms with Crippen molar-refractivity contribution in [2.75, 3.05) is 13.7 Å². The van der Waals surface area contributed by atoms with Gasteiger partial charge in [-0.05, 0) is 37.3 Å². The second-order valence-corrected chi connectivity index (χ2v) is 7.36. The summed E-state index contributed by atoms with van der Waals surface area (Å²) in [4.78, 5) is 11.1. The number of ether oxygens (including phenoxy) is 2. The molecule has 0 aliphatic heterocycles. The highest BCUT2D eigenvalue weighted by molar-refractivity contribution is 5.69. The second kappa shape index (κ2) is 12.4. The zero-order valence-corrected chi connectivity index (χ0v) is 16.9. The van der Waals surface area contributed by atoms with Crippen molar-refractivity contribution in [1.29, 1.82) is 0 Å². The summed E-state index contributed by atoms with van der Waals surface area (Å²) in [6.07, 6.45) is 8.19. The highest BCUT2D eigenvalue weighted by Gasteiger charge is 2.39. The van der Waals surface area contributed by atoms with Crippen molar-refractivity contribution >= 4 is 5.97 Å². The zero-order chi connectivity index (χ0) is 21.1. The summed E-state index contributed by atoms with van der Waals surface area (Å²) >= 11 is 0. The van der Waals surface area contributed by atoms with E-state index >= 15 is 0 Å². The van der Waals surface area contributed by atoms with Gasteiger partial charge >= 0.3 is 5.97 Å². The lowest BCUT2D eigenvalue weighted by Crippen LogP contribution is -2.21. The molecule has 0 saturated heterocycles. The minimum Gasteiger partial charge on any atom is -0.491 e. The molecule has 5 atom stereocenters. The predicted octanol–water partition coefficient (Wildman–Crippen LogP) is 2.63. The molecule has 160 valence electrons. The van der Waals surface area contributed by atoms with Gasteiger partial charge < -0.3 is 24.8 Å². The molecule has 0 radical (unpaired) electrons. The highest BCUT2D eigenvalue weighted by Crippen LogP contribution is 2.36. The molecule has 29 heavy (non-hydrogen) atoms. The average Bonchev–Trinajstić information content (AvgIpc) is 3.00.